The van der Waals surface area contributed by atoms with Crippen molar-refractivity contribution in [2.24, 2.45) is 5.92 Å². The topological polar surface area (TPSA) is 0 Å². The molecule has 0 fully saturated rings. The third-order valence-electron chi connectivity index (χ3n) is 14.2. The largest absolute Gasteiger partial charge is 0.0807 e. The van der Waals surface area contributed by atoms with Crippen LogP contribution in [0.2, 0.25) is 0 Å². The fourth-order valence-electron chi connectivity index (χ4n) is 11.5. The molecule has 59 heavy (non-hydrogen) atoms. The molecule has 3 aliphatic carbocycles. The fraction of sp³-hybridized carbons (Fsp3) is 0.119. The van der Waals surface area contributed by atoms with Gasteiger partial charge in [0.05, 0.1) is 0 Å². The Labute approximate surface area is 344 Å². The summed E-state index contributed by atoms with van der Waals surface area (Å²) in [5, 5.41) is 16.1. The van der Waals surface area contributed by atoms with E-state index in [2.05, 4.69) is 180 Å². The van der Waals surface area contributed by atoms with Gasteiger partial charge in [-0.2, -0.15) is 0 Å². The minimum atomic E-state index is 0.555. The molecule has 0 amide bonds. The van der Waals surface area contributed by atoms with Gasteiger partial charge in [-0.15, -0.1) is 0 Å². The van der Waals surface area contributed by atoms with Crippen LogP contribution in [0.15, 0.2) is 146 Å². The van der Waals surface area contributed by atoms with Gasteiger partial charge in [-0.05, 0) is 207 Å². The fourth-order valence-corrected chi connectivity index (χ4v) is 11.5. The van der Waals surface area contributed by atoms with E-state index < -0.39 is 0 Å². The Morgan fingerprint density at radius 2 is 0.881 bits per heavy atom. The third-order valence-corrected chi connectivity index (χ3v) is 14.2. The van der Waals surface area contributed by atoms with Crippen molar-refractivity contribution in [1.29, 1.82) is 0 Å². The maximum absolute atomic E-state index is 2.51. The molecule has 0 radical (unpaired) electrons. The van der Waals surface area contributed by atoms with Gasteiger partial charge >= 0.3 is 0 Å². The molecule has 0 heteroatoms. The Morgan fingerprint density at radius 1 is 0.390 bits per heavy atom. The molecule has 1 atom stereocenters. The lowest BCUT2D eigenvalue weighted by atomic mass is 9.86. The van der Waals surface area contributed by atoms with E-state index in [1.165, 1.54) is 154 Å². The molecule has 10 aromatic carbocycles. The summed E-state index contributed by atoms with van der Waals surface area (Å²) in [5.41, 5.74) is 21.6. The number of benzene rings is 10. The van der Waals surface area contributed by atoms with Gasteiger partial charge in [0, 0.05) is 0 Å². The highest BCUT2D eigenvalue weighted by atomic mass is 14.3. The summed E-state index contributed by atoms with van der Waals surface area (Å²) in [6.45, 7) is 11.3. The molecular weight excluding hydrogens is 709 g/mol. The molecule has 0 aromatic heterocycles. The molecule has 1 unspecified atom stereocenters. The van der Waals surface area contributed by atoms with Crippen LogP contribution in [0.1, 0.15) is 46.7 Å². The van der Waals surface area contributed by atoms with Crippen molar-refractivity contribution in [2.45, 2.75) is 41.0 Å². The van der Waals surface area contributed by atoms with Crippen LogP contribution < -0.4 is 0 Å². The van der Waals surface area contributed by atoms with Crippen LogP contribution in [0.25, 0.3) is 120 Å². The highest BCUT2D eigenvalue weighted by Gasteiger charge is 2.29. The van der Waals surface area contributed by atoms with E-state index in [4.69, 9.17) is 0 Å². The van der Waals surface area contributed by atoms with E-state index >= 15 is 0 Å². The molecule has 13 rings (SSSR count). The summed E-state index contributed by atoms with van der Waals surface area (Å²) in [6.07, 6.45) is 5.91. The Morgan fingerprint density at radius 3 is 1.49 bits per heavy atom. The summed E-state index contributed by atoms with van der Waals surface area (Å²) >= 11 is 0. The van der Waals surface area contributed by atoms with Crippen molar-refractivity contribution >= 4 is 75.8 Å². The molecular formula is C59H42. The summed E-state index contributed by atoms with van der Waals surface area (Å²) < 4.78 is 0. The quantitative estimate of drug-likeness (QED) is 0.154. The van der Waals surface area contributed by atoms with Crippen LogP contribution in [-0.4, -0.2) is 0 Å². The first-order valence-electron chi connectivity index (χ1n) is 21.3. The first-order valence-corrected chi connectivity index (χ1v) is 21.3. The molecule has 0 aliphatic heterocycles. The van der Waals surface area contributed by atoms with Gasteiger partial charge in [-0.25, -0.2) is 0 Å². The molecule has 3 aliphatic rings. The zero-order valence-corrected chi connectivity index (χ0v) is 34.1. The van der Waals surface area contributed by atoms with E-state index in [0.717, 1.165) is 6.42 Å². The number of hydrogen-bond donors (Lipinski definition) is 0. The predicted octanol–water partition coefficient (Wildman–Crippen LogP) is 16.6. The van der Waals surface area contributed by atoms with Crippen molar-refractivity contribution in [2.75, 3.05) is 0 Å². The third kappa shape index (κ3) is 4.44. The smallest absolute Gasteiger partial charge is 0.00172 e. The van der Waals surface area contributed by atoms with Gasteiger partial charge in [0.1, 0.15) is 0 Å². The first kappa shape index (κ1) is 33.2. The molecule has 0 saturated heterocycles. The van der Waals surface area contributed by atoms with Crippen LogP contribution in [-0.2, 0) is 0 Å². The molecule has 0 saturated carbocycles. The lowest BCUT2D eigenvalue weighted by Crippen LogP contribution is -1.98. The normalized spacial score (nSPS) is 15.2. The van der Waals surface area contributed by atoms with E-state index in [1.807, 2.05) is 0 Å². The van der Waals surface area contributed by atoms with Crippen LogP contribution in [0, 0.1) is 33.6 Å². The van der Waals surface area contributed by atoms with E-state index in [-0.39, 0.29) is 0 Å². The lowest BCUT2D eigenvalue weighted by molar-refractivity contribution is 0.752. The summed E-state index contributed by atoms with van der Waals surface area (Å²) in [7, 11) is 0. The summed E-state index contributed by atoms with van der Waals surface area (Å²) in [4.78, 5) is 0. The van der Waals surface area contributed by atoms with Crippen molar-refractivity contribution < 1.29 is 0 Å². The zero-order chi connectivity index (χ0) is 39.4. The van der Waals surface area contributed by atoms with Crippen LogP contribution in [0.4, 0.5) is 0 Å². The molecule has 0 N–H and O–H groups in total. The van der Waals surface area contributed by atoms with Crippen LogP contribution in [0.5, 0.6) is 0 Å². The van der Waals surface area contributed by atoms with Gasteiger partial charge in [0.2, 0.25) is 0 Å². The van der Waals surface area contributed by atoms with Crippen molar-refractivity contribution in [3.63, 3.8) is 0 Å². The van der Waals surface area contributed by atoms with Crippen LogP contribution in [0.3, 0.4) is 0 Å². The molecule has 0 spiro atoms. The second kappa shape index (κ2) is 11.7. The standard InChI is InChI=1S/C59H42/c1-31-10-19-39-47(24-31)45(27-51-43-22-13-34(4)56-42-9-7-6-8-38(42)54(58(43)56)29-49(39)51)36-15-17-37(18-16-36)46-28-52-44-23-14-35(5)57-53-26-33(3)12-21-41(53)55(59(44)57)30-50(52)40-20-11-32(2)25-48(40)46/h6-25,27-30,33H,26H2,1-5H3. The highest BCUT2D eigenvalue weighted by Crippen LogP contribution is 2.54. The highest BCUT2D eigenvalue weighted by molar-refractivity contribution is 6.30. The maximum Gasteiger partial charge on any atom is -0.00172 e. The second-order valence-corrected chi connectivity index (χ2v) is 17.9. The number of rotatable bonds is 2. The Bertz CT molecular complexity index is 3660. The average Bonchev–Trinajstić information content (AvgIpc) is 3.76. The zero-order valence-electron chi connectivity index (χ0n) is 34.1. The van der Waals surface area contributed by atoms with Crippen molar-refractivity contribution in [3.05, 3.63) is 179 Å². The molecule has 278 valence electrons. The summed E-state index contributed by atoms with van der Waals surface area (Å²) in [5.74, 6) is 0.555. The predicted molar refractivity (Wildman–Crippen MR) is 255 cm³/mol. The van der Waals surface area contributed by atoms with E-state index in [0.29, 0.717) is 5.92 Å². The van der Waals surface area contributed by atoms with Crippen LogP contribution >= 0.6 is 0 Å². The van der Waals surface area contributed by atoms with Gasteiger partial charge < -0.3 is 0 Å². The minimum absolute atomic E-state index is 0.555. The SMILES string of the molecule is Cc1ccc2c(c1)c(-c1ccc(-c3cc4c5ccc(C)c6c5c(cc4c4ccc(C)cc34)-c3ccccc3-6)cc1)cc1c3ccc(C)c4c3c(cc21)C1=C4CC(C)C=C1. The van der Waals surface area contributed by atoms with E-state index in [9.17, 15) is 0 Å². The molecule has 0 heterocycles. The van der Waals surface area contributed by atoms with Gasteiger partial charge in [0.15, 0.2) is 0 Å². The molecule has 0 bridgehead atoms. The number of aryl methyl sites for hydroxylation is 4. The lowest BCUT2D eigenvalue weighted by Gasteiger charge is -2.17. The maximum atomic E-state index is 2.51. The van der Waals surface area contributed by atoms with Gasteiger partial charge in [-0.3, -0.25) is 0 Å². The average molecular weight is 751 g/mol. The van der Waals surface area contributed by atoms with E-state index in [1.54, 1.807) is 0 Å². The van der Waals surface area contributed by atoms with Gasteiger partial charge in [-0.1, -0.05) is 139 Å². The number of hydrogen-bond acceptors (Lipinski definition) is 0. The molecule has 0 nitrogen and oxygen atoms in total. The van der Waals surface area contributed by atoms with Crippen molar-refractivity contribution in [1.82, 2.24) is 0 Å². The minimum Gasteiger partial charge on any atom is -0.0807 e. The Balaban J connectivity index is 1.03. The van der Waals surface area contributed by atoms with Gasteiger partial charge in [0.25, 0.3) is 0 Å². The summed E-state index contributed by atoms with van der Waals surface area (Å²) in [6, 6.07) is 51.9. The first-order chi connectivity index (χ1) is 28.8. The monoisotopic (exact) mass is 750 g/mol. The van der Waals surface area contributed by atoms with Crippen molar-refractivity contribution in [3.8, 4) is 44.5 Å². The Kier molecular flexibility index (Phi) is 6.58. The second-order valence-electron chi connectivity index (χ2n) is 17.9. The number of allylic oxidation sites excluding steroid dienone is 4. The Hall–Kier alpha value is -6.76. The number of fused-ring (bicyclic) bond motifs is 13. The molecule has 10 aromatic rings.